The maximum absolute atomic E-state index is 12.3. The van der Waals surface area contributed by atoms with Gasteiger partial charge in [-0.3, -0.25) is 9.59 Å². The molecule has 4 nitrogen and oxygen atoms in total. The van der Waals surface area contributed by atoms with E-state index in [0.717, 1.165) is 12.8 Å². The molecule has 0 aromatic heterocycles. The van der Waals surface area contributed by atoms with Crippen LogP contribution in [0.15, 0.2) is 18.2 Å². The lowest BCUT2D eigenvalue weighted by atomic mass is 9.89. The van der Waals surface area contributed by atoms with Crippen LogP contribution in [0.2, 0.25) is 0 Å². The van der Waals surface area contributed by atoms with Crippen molar-refractivity contribution in [2.45, 2.75) is 38.1 Å². The summed E-state index contributed by atoms with van der Waals surface area (Å²) in [6.45, 7) is 0. The van der Waals surface area contributed by atoms with Crippen LogP contribution in [0.5, 0.6) is 0 Å². The van der Waals surface area contributed by atoms with Crippen LogP contribution in [0.25, 0.3) is 0 Å². The van der Waals surface area contributed by atoms with Crippen LogP contribution in [-0.4, -0.2) is 22.8 Å². The molecule has 1 aromatic carbocycles. The number of hydrogen-bond acceptors (Lipinski definition) is 3. The Kier molecular flexibility index (Phi) is 3.53. The number of nitrogens with one attached hydrogen (secondary N) is 2. The Labute approximate surface area is 122 Å². The fraction of sp³-hybridized carbons (Fsp3) is 0.400. The first-order valence-electron chi connectivity index (χ1n) is 6.90. The minimum atomic E-state index is -0.536. The van der Waals surface area contributed by atoms with Gasteiger partial charge in [0.05, 0.1) is 0 Å². The van der Waals surface area contributed by atoms with Gasteiger partial charge in [-0.2, -0.15) is 0 Å². The van der Waals surface area contributed by atoms with Crippen molar-refractivity contribution < 1.29 is 9.59 Å². The monoisotopic (exact) mass is 288 g/mol. The molecule has 0 saturated carbocycles. The van der Waals surface area contributed by atoms with Crippen LogP contribution in [0.1, 0.15) is 40.7 Å². The Bertz CT molecular complexity index is 598. The average Bonchev–Trinajstić information content (AvgIpc) is 2.76. The van der Waals surface area contributed by atoms with Crippen molar-refractivity contribution in [3.8, 4) is 0 Å². The highest BCUT2D eigenvalue weighted by Crippen LogP contribution is 2.23. The largest absolute Gasteiger partial charge is 0.350 e. The molecule has 2 N–H and O–H groups in total. The van der Waals surface area contributed by atoms with E-state index in [1.54, 1.807) is 0 Å². The predicted molar refractivity (Wildman–Crippen MR) is 79.7 cm³/mol. The fourth-order valence-electron chi connectivity index (χ4n) is 2.81. The second-order valence-corrected chi connectivity index (χ2v) is 5.74. The van der Waals surface area contributed by atoms with Gasteiger partial charge < -0.3 is 10.6 Å². The summed E-state index contributed by atoms with van der Waals surface area (Å²) in [6, 6.07) is 5.37. The van der Waals surface area contributed by atoms with E-state index in [9.17, 15) is 9.59 Å². The van der Waals surface area contributed by atoms with Crippen LogP contribution in [0, 0.1) is 0 Å². The third-order valence-corrected chi connectivity index (χ3v) is 4.14. The van der Waals surface area contributed by atoms with Crippen LogP contribution in [-0.2, 0) is 17.6 Å². The highest BCUT2D eigenvalue weighted by Gasteiger charge is 2.29. The molecule has 1 aliphatic carbocycles. The third kappa shape index (κ3) is 2.58. The summed E-state index contributed by atoms with van der Waals surface area (Å²) in [6.07, 6.45) is 4.70. The van der Waals surface area contributed by atoms with Crippen LogP contribution >= 0.6 is 12.2 Å². The normalized spacial score (nSPS) is 21.1. The van der Waals surface area contributed by atoms with Gasteiger partial charge in [-0.05, 0) is 55.1 Å². The molecular formula is C15H16N2O2S. The van der Waals surface area contributed by atoms with Gasteiger partial charge in [-0.15, -0.1) is 0 Å². The van der Waals surface area contributed by atoms with Crippen LogP contribution in [0.3, 0.4) is 0 Å². The zero-order chi connectivity index (χ0) is 14.1. The molecule has 1 saturated heterocycles. The molecule has 5 heteroatoms. The molecule has 1 aliphatic heterocycles. The second kappa shape index (κ2) is 5.32. The lowest BCUT2D eigenvalue weighted by Gasteiger charge is -2.16. The van der Waals surface area contributed by atoms with Gasteiger partial charge in [0, 0.05) is 12.0 Å². The summed E-state index contributed by atoms with van der Waals surface area (Å²) in [5.41, 5.74) is 3.32. The Morgan fingerprint density at radius 2 is 2.00 bits per heavy atom. The Balaban J connectivity index is 1.74. The van der Waals surface area contributed by atoms with E-state index in [1.807, 2.05) is 12.1 Å². The van der Waals surface area contributed by atoms with Gasteiger partial charge >= 0.3 is 0 Å². The van der Waals surface area contributed by atoms with E-state index in [2.05, 4.69) is 16.7 Å². The van der Waals surface area contributed by atoms with Gasteiger partial charge in [0.15, 0.2) is 10.9 Å². The molecule has 1 atom stereocenters. The molecule has 0 spiro atoms. The first-order valence-corrected chi connectivity index (χ1v) is 7.30. The van der Waals surface area contributed by atoms with Crippen molar-refractivity contribution >= 4 is 29.0 Å². The zero-order valence-electron chi connectivity index (χ0n) is 11.1. The maximum atomic E-state index is 12.3. The van der Waals surface area contributed by atoms with E-state index in [1.165, 1.54) is 24.0 Å². The highest BCUT2D eigenvalue weighted by atomic mass is 32.1. The lowest BCUT2D eigenvalue weighted by Crippen LogP contribution is -2.31. The number of ketones is 1. The topological polar surface area (TPSA) is 58.2 Å². The number of amides is 1. The molecule has 104 valence electrons. The molecule has 1 aromatic rings. The summed E-state index contributed by atoms with van der Waals surface area (Å²) in [5.74, 6) is -0.239. The van der Waals surface area contributed by atoms with Gasteiger partial charge in [-0.1, -0.05) is 12.1 Å². The number of benzene rings is 1. The van der Waals surface area contributed by atoms with Crippen LogP contribution < -0.4 is 10.6 Å². The standard InChI is InChI=1S/C15H16N2O2S/c18-13(8-12-14(19)17-15(20)16-12)11-6-5-9-3-1-2-4-10(9)7-11/h5-7,12H,1-4,8H2,(H2,16,17,19,20). The average molecular weight is 288 g/mol. The number of carbonyl (C=O) groups is 2. The molecule has 20 heavy (non-hydrogen) atoms. The number of rotatable bonds is 3. The minimum Gasteiger partial charge on any atom is -0.350 e. The second-order valence-electron chi connectivity index (χ2n) is 5.33. The summed E-state index contributed by atoms with van der Waals surface area (Å²) in [7, 11) is 0. The van der Waals surface area contributed by atoms with Crippen molar-refractivity contribution in [2.75, 3.05) is 0 Å². The molecule has 0 radical (unpaired) electrons. The fourth-order valence-corrected chi connectivity index (χ4v) is 3.06. The SMILES string of the molecule is O=C(CC1NC(=S)NC1=O)c1ccc2c(c1)CCCC2. The first kappa shape index (κ1) is 13.2. The number of fused-ring (bicyclic) bond motifs is 1. The zero-order valence-corrected chi connectivity index (χ0v) is 11.9. The van der Waals surface area contributed by atoms with E-state index < -0.39 is 6.04 Å². The van der Waals surface area contributed by atoms with Crippen LogP contribution in [0.4, 0.5) is 0 Å². The van der Waals surface area contributed by atoms with Gasteiger partial charge in [0.1, 0.15) is 6.04 Å². The molecular weight excluding hydrogens is 272 g/mol. The van der Waals surface area contributed by atoms with E-state index >= 15 is 0 Å². The Hall–Kier alpha value is -1.75. The van der Waals surface area contributed by atoms with Crippen molar-refractivity contribution in [1.29, 1.82) is 0 Å². The van der Waals surface area contributed by atoms with Gasteiger partial charge in [0.25, 0.3) is 0 Å². The van der Waals surface area contributed by atoms with E-state index in [4.69, 9.17) is 12.2 Å². The number of aryl methyl sites for hydroxylation is 2. The summed E-state index contributed by atoms with van der Waals surface area (Å²) >= 11 is 4.87. The van der Waals surface area contributed by atoms with Gasteiger partial charge in [-0.25, -0.2) is 0 Å². The maximum Gasteiger partial charge on any atom is 0.249 e. The summed E-state index contributed by atoms with van der Waals surface area (Å²) in [4.78, 5) is 23.8. The molecule has 3 rings (SSSR count). The first-order chi connectivity index (χ1) is 9.63. The van der Waals surface area contributed by atoms with E-state index in [-0.39, 0.29) is 18.1 Å². The molecule has 1 fully saturated rings. The smallest absolute Gasteiger partial charge is 0.249 e. The van der Waals surface area contributed by atoms with Crippen molar-refractivity contribution in [2.24, 2.45) is 0 Å². The van der Waals surface area contributed by atoms with Crippen molar-refractivity contribution in [3.63, 3.8) is 0 Å². The summed E-state index contributed by atoms with van der Waals surface area (Å²) in [5, 5.41) is 5.62. The molecule has 0 bridgehead atoms. The van der Waals surface area contributed by atoms with E-state index in [0.29, 0.717) is 10.7 Å². The summed E-state index contributed by atoms with van der Waals surface area (Å²) < 4.78 is 0. The predicted octanol–water partition coefficient (Wildman–Crippen LogP) is 1.51. The quantitative estimate of drug-likeness (QED) is 0.654. The number of hydrogen-bond donors (Lipinski definition) is 2. The number of thiocarbonyl (C=S) groups is 1. The number of Topliss-reactive ketones (excluding diaryl/α,β-unsaturated/α-hetero) is 1. The molecule has 1 amide bonds. The van der Waals surface area contributed by atoms with Crippen molar-refractivity contribution in [1.82, 2.24) is 10.6 Å². The Morgan fingerprint density at radius 1 is 1.25 bits per heavy atom. The molecule has 1 unspecified atom stereocenters. The Morgan fingerprint density at radius 3 is 2.70 bits per heavy atom. The third-order valence-electron chi connectivity index (χ3n) is 3.92. The van der Waals surface area contributed by atoms with Crippen molar-refractivity contribution in [3.05, 3.63) is 34.9 Å². The highest BCUT2D eigenvalue weighted by molar-refractivity contribution is 7.80. The molecule has 1 heterocycles. The lowest BCUT2D eigenvalue weighted by molar-refractivity contribution is -0.120. The number of carbonyl (C=O) groups excluding carboxylic acids is 2. The molecule has 2 aliphatic rings. The van der Waals surface area contributed by atoms with Gasteiger partial charge in [0.2, 0.25) is 5.91 Å². The minimum absolute atomic E-state index is 0.0178.